The minimum absolute atomic E-state index is 0.0200. The predicted octanol–water partition coefficient (Wildman–Crippen LogP) is 7.73. The van der Waals surface area contributed by atoms with E-state index in [0.29, 0.717) is 0 Å². The first-order valence-electron chi connectivity index (χ1n) is 12.0. The Hall–Kier alpha value is -1.31. The van der Waals surface area contributed by atoms with E-state index in [0.717, 1.165) is 31.1 Å². The third-order valence-corrected chi connectivity index (χ3v) is 7.09. The lowest BCUT2D eigenvalue weighted by Gasteiger charge is -2.29. The molecule has 2 heteroatoms. The molecule has 1 aromatic carbocycles. The van der Waals surface area contributed by atoms with Gasteiger partial charge in [-0.15, -0.1) is 0 Å². The molecule has 2 aliphatic rings. The van der Waals surface area contributed by atoms with Gasteiger partial charge in [0.25, 0.3) is 0 Å². The lowest BCUT2D eigenvalue weighted by Crippen LogP contribution is -2.13. The van der Waals surface area contributed by atoms with E-state index in [1.165, 1.54) is 75.3 Å². The highest BCUT2D eigenvalue weighted by Gasteiger charge is 2.34. The fourth-order valence-corrected chi connectivity index (χ4v) is 5.17. The Kier molecular flexibility index (Phi) is 8.43. The van der Waals surface area contributed by atoms with Crippen molar-refractivity contribution >= 4 is 5.97 Å². The van der Waals surface area contributed by atoms with Gasteiger partial charge in [-0.2, -0.15) is 0 Å². The van der Waals surface area contributed by atoms with Crippen molar-refractivity contribution in [2.24, 2.45) is 11.8 Å². The van der Waals surface area contributed by atoms with Gasteiger partial charge < -0.3 is 4.74 Å². The molecule has 2 fully saturated rings. The molecule has 2 atom stereocenters. The van der Waals surface area contributed by atoms with Crippen LogP contribution in [0.1, 0.15) is 120 Å². The van der Waals surface area contributed by atoms with Crippen LogP contribution in [0.4, 0.5) is 0 Å². The standard InChI is InChI=1S/C26H40O2/c1-3-5-7-9-20-11-13-21(14-12-20)22-15-17-23(18-16-22)25-19-24(26(27)28-25)10-8-6-4-2/h15-18,20-21,24-25H,3-14,19H2,1-2H3. The quantitative estimate of drug-likeness (QED) is 0.305. The van der Waals surface area contributed by atoms with E-state index in [4.69, 9.17) is 4.74 Å². The summed E-state index contributed by atoms with van der Waals surface area (Å²) in [6.07, 6.45) is 16.4. The zero-order valence-electron chi connectivity index (χ0n) is 18.1. The number of ether oxygens (including phenoxy) is 1. The summed E-state index contributed by atoms with van der Waals surface area (Å²) < 4.78 is 5.70. The van der Waals surface area contributed by atoms with Crippen molar-refractivity contribution in [2.45, 2.75) is 109 Å². The Balaban J connectivity index is 1.47. The fraction of sp³-hybridized carbons (Fsp3) is 0.731. The summed E-state index contributed by atoms with van der Waals surface area (Å²) in [7, 11) is 0. The van der Waals surface area contributed by atoms with Crippen molar-refractivity contribution in [1.82, 2.24) is 0 Å². The first kappa shape index (κ1) is 21.4. The van der Waals surface area contributed by atoms with Crippen molar-refractivity contribution in [1.29, 1.82) is 0 Å². The van der Waals surface area contributed by atoms with E-state index >= 15 is 0 Å². The van der Waals surface area contributed by atoms with Crippen LogP contribution in [0.2, 0.25) is 0 Å². The lowest BCUT2D eigenvalue weighted by atomic mass is 9.77. The molecule has 0 aromatic heterocycles. The maximum absolute atomic E-state index is 12.2. The Morgan fingerprint density at radius 3 is 2.07 bits per heavy atom. The minimum Gasteiger partial charge on any atom is -0.457 e. The van der Waals surface area contributed by atoms with Crippen LogP contribution in [0.15, 0.2) is 24.3 Å². The van der Waals surface area contributed by atoms with Crippen LogP contribution >= 0.6 is 0 Å². The second-order valence-corrected chi connectivity index (χ2v) is 9.23. The average molecular weight is 385 g/mol. The molecule has 0 spiro atoms. The molecule has 0 amide bonds. The lowest BCUT2D eigenvalue weighted by molar-refractivity contribution is -0.144. The summed E-state index contributed by atoms with van der Waals surface area (Å²) in [5, 5.41) is 0. The van der Waals surface area contributed by atoms with Crippen LogP contribution in [0.5, 0.6) is 0 Å². The summed E-state index contributed by atoms with van der Waals surface area (Å²) in [5.41, 5.74) is 2.67. The molecule has 28 heavy (non-hydrogen) atoms. The SMILES string of the molecule is CCCCCC1CCC(c2ccc(C3CC(CCCCC)C(=O)O3)cc2)CC1. The normalized spacial score (nSPS) is 27.7. The smallest absolute Gasteiger partial charge is 0.309 e. The number of carbonyl (C=O) groups is 1. The molecule has 1 aromatic rings. The number of benzene rings is 1. The monoisotopic (exact) mass is 384 g/mol. The number of esters is 1. The largest absolute Gasteiger partial charge is 0.457 e. The van der Waals surface area contributed by atoms with Crippen molar-refractivity contribution in [3.8, 4) is 0 Å². The first-order valence-corrected chi connectivity index (χ1v) is 12.0. The number of hydrogen-bond donors (Lipinski definition) is 0. The third kappa shape index (κ3) is 5.84. The van der Waals surface area contributed by atoms with Gasteiger partial charge in [0.15, 0.2) is 0 Å². The molecule has 1 aliphatic heterocycles. The highest BCUT2D eigenvalue weighted by atomic mass is 16.5. The Labute approximate surface area is 172 Å². The molecule has 0 radical (unpaired) electrons. The van der Waals surface area contributed by atoms with Crippen LogP contribution < -0.4 is 0 Å². The number of rotatable bonds is 10. The van der Waals surface area contributed by atoms with Gasteiger partial charge in [0.05, 0.1) is 5.92 Å². The fourth-order valence-electron chi connectivity index (χ4n) is 5.17. The maximum atomic E-state index is 12.2. The van der Waals surface area contributed by atoms with Gasteiger partial charge in [-0.25, -0.2) is 0 Å². The number of hydrogen-bond acceptors (Lipinski definition) is 2. The molecule has 1 aliphatic carbocycles. The highest BCUT2D eigenvalue weighted by molar-refractivity contribution is 5.74. The molecule has 1 saturated heterocycles. The zero-order valence-corrected chi connectivity index (χ0v) is 18.1. The molecule has 1 heterocycles. The van der Waals surface area contributed by atoms with Gasteiger partial charge in [-0.1, -0.05) is 83.1 Å². The maximum Gasteiger partial charge on any atom is 0.309 e. The molecular formula is C26H40O2. The van der Waals surface area contributed by atoms with E-state index in [-0.39, 0.29) is 18.0 Å². The molecule has 2 unspecified atom stereocenters. The van der Waals surface area contributed by atoms with Crippen molar-refractivity contribution in [3.63, 3.8) is 0 Å². The predicted molar refractivity (Wildman–Crippen MR) is 116 cm³/mol. The second kappa shape index (κ2) is 11.0. The topological polar surface area (TPSA) is 26.3 Å². The molecular weight excluding hydrogens is 344 g/mol. The molecule has 3 rings (SSSR count). The summed E-state index contributed by atoms with van der Waals surface area (Å²) in [5.74, 6) is 1.82. The van der Waals surface area contributed by atoms with Crippen molar-refractivity contribution in [3.05, 3.63) is 35.4 Å². The van der Waals surface area contributed by atoms with E-state index in [9.17, 15) is 4.79 Å². The summed E-state index contributed by atoms with van der Waals surface area (Å²) in [6.45, 7) is 4.50. The minimum atomic E-state index is -0.0255. The Morgan fingerprint density at radius 1 is 0.821 bits per heavy atom. The second-order valence-electron chi connectivity index (χ2n) is 9.23. The third-order valence-electron chi connectivity index (χ3n) is 7.09. The van der Waals surface area contributed by atoms with Gasteiger partial charge >= 0.3 is 5.97 Å². The van der Waals surface area contributed by atoms with Gasteiger partial charge in [0.1, 0.15) is 6.10 Å². The van der Waals surface area contributed by atoms with Gasteiger partial charge in [-0.3, -0.25) is 4.79 Å². The molecule has 1 saturated carbocycles. The zero-order chi connectivity index (χ0) is 19.8. The number of carbonyl (C=O) groups excluding carboxylic acids is 1. The van der Waals surface area contributed by atoms with Crippen molar-refractivity contribution in [2.75, 3.05) is 0 Å². The summed E-state index contributed by atoms with van der Waals surface area (Å²) >= 11 is 0. The molecule has 156 valence electrons. The number of unbranched alkanes of at least 4 members (excludes halogenated alkanes) is 4. The van der Waals surface area contributed by atoms with Gasteiger partial charge in [0, 0.05) is 6.42 Å². The van der Waals surface area contributed by atoms with E-state index < -0.39 is 0 Å². The van der Waals surface area contributed by atoms with E-state index in [1.807, 2.05) is 0 Å². The molecule has 0 bridgehead atoms. The summed E-state index contributed by atoms with van der Waals surface area (Å²) in [4.78, 5) is 12.2. The molecule has 2 nitrogen and oxygen atoms in total. The number of cyclic esters (lactones) is 1. The van der Waals surface area contributed by atoms with Crippen LogP contribution in [0.25, 0.3) is 0 Å². The van der Waals surface area contributed by atoms with E-state index in [2.05, 4.69) is 38.1 Å². The van der Waals surface area contributed by atoms with Gasteiger partial charge in [-0.05, 0) is 55.1 Å². The van der Waals surface area contributed by atoms with Crippen molar-refractivity contribution < 1.29 is 9.53 Å². The highest BCUT2D eigenvalue weighted by Crippen LogP contribution is 2.40. The first-order chi connectivity index (χ1) is 13.7. The summed E-state index contributed by atoms with van der Waals surface area (Å²) in [6, 6.07) is 9.04. The van der Waals surface area contributed by atoms with Crippen LogP contribution in [-0.4, -0.2) is 5.97 Å². The van der Waals surface area contributed by atoms with E-state index in [1.54, 1.807) is 0 Å². The van der Waals surface area contributed by atoms with Crippen LogP contribution in [-0.2, 0) is 9.53 Å². The van der Waals surface area contributed by atoms with Crippen LogP contribution in [0.3, 0.4) is 0 Å². The van der Waals surface area contributed by atoms with Gasteiger partial charge in [0.2, 0.25) is 0 Å². The Bertz CT molecular complexity index is 583. The molecule has 0 N–H and O–H groups in total. The Morgan fingerprint density at radius 2 is 1.43 bits per heavy atom. The van der Waals surface area contributed by atoms with Crippen LogP contribution in [0, 0.1) is 11.8 Å². The average Bonchev–Trinajstić information content (AvgIpc) is 3.10.